The fourth-order valence-electron chi connectivity index (χ4n) is 3.42. The lowest BCUT2D eigenvalue weighted by Gasteiger charge is -2.12. The van der Waals surface area contributed by atoms with Crippen LogP contribution in [0.4, 0.5) is 0 Å². The third-order valence-corrected chi connectivity index (χ3v) is 4.96. The van der Waals surface area contributed by atoms with Gasteiger partial charge in [-0.3, -0.25) is 4.79 Å². The molecule has 6 nitrogen and oxygen atoms in total. The second-order valence-electron chi connectivity index (χ2n) is 7.22. The molecule has 0 bridgehead atoms. The van der Waals surface area contributed by atoms with Crippen molar-refractivity contribution in [3.05, 3.63) is 54.3 Å². The minimum atomic E-state index is -0.0804. The summed E-state index contributed by atoms with van der Waals surface area (Å²) in [6, 6.07) is 15.4. The van der Waals surface area contributed by atoms with Crippen molar-refractivity contribution < 1.29 is 18.8 Å². The Kier molecular flexibility index (Phi) is 7.12. The van der Waals surface area contributed by atoms with Crippen LogP contribution in [-0.2, 0) is 11.2 Å². The topological polar surface area (TPSA) is 73.6 Å². The molecule has 30 heavy (non-hydrogen) atoms. The first-order valence-electron chi connectivity index (χ1n) is 10.1. The highest BCUT2D eigenvalue weighted by Crippen LogP contribution is 2.36. The van der Waals surface area contributed by atoms with Crippen molar-refractivity contribution in [2.45, 2.75) is 39.2 Å². The zero-order valence-corrected chi connectivity index (χ0v) is 17.9. The van der Waals surface area contributed by atoms with E-state index >= 15 is 0 Å². The number of hydrogen-bond acceptors (Lipinski definition) is 5. The third-order valence-electron chi connectivity index (χ3n) is 4.96. The summed E-state index contributed by atoms with van der Waals surface area (Å²) in [7, 11) is 3.26. The van der Waals surface area contributed by atoms with E-state index in [1.165, 1.54) is 0 Å². The average Bonchev–Trinajstić information content (AvgIpc) is 3.17. The van der Waals surface area contributed by atoms with Gasteiger partial charge in [0.2, 0.25) is 5.91 Å². The van der Waals surface area contributed by atoms with Crippen molar-refractivity contribution in [3.8, 4) is 33.9 Å². The van der Waals surface area contributed by atoms with Gasteiger partial charge >= 0.3 is 0 Å². The third kappa shape index (κ3) is 5.00. The van der Waals surface area contributed by atoms with Gasteiger partial charge in [-0.15, -0.1) is 0 Å². The van der Waals surface area contributed by atoms with Crippen LogP contribution in [0.15, 0.2) is 53.1 Å². The summed E-state index contributed by atoms with van der Waals surface area (Å²) in [6.45, 7) is 4.11. The van der Waals surface area contributed by atoms with Crippen molar-refractivity contribution >= 4 is 5.91 Å². The quantitative estimate of drug-likeness (QED) is 0.547. The summed E-state index contributed by atoms with van der Waals surface area (Å²) < 4.78 is 16.2. The van der Waals surface area contributed by atoms with Crippen LogP contribution in [0, 0.1) is 0 Å². The number of hydrogen-bond donors (Lipinski definition) is 1. The Bertz CT molecular complexity index is 962. The molecule has 0 fully saturated rings. The van der Waals surface area contributed by atoms with Crippen LogP contribution in [0.5, 0.6) is 11.5 Å². The number of carbonyl (C=O) groups is 1. The molecule has 1 N–H and O–H groups in total. The molecule has 0 radical (unpaired) electrons. The lowest BCUT2D eigenvalue weighted by Crippen LogP contribution is -2.33. The van der Waals surface area contributed by atoms with Gasteiger partial charge in [0.1, 0.15) is 17.2 Å². The molecular formula is C24H28N2O4. The maximum atomic E-state index is 12.6. The Labute approximate surface area is 177 Å². The first kappa shape index (κ1) is 21.4. The van der Waals surface area contributed by atoms with Crippen molar-refractivity contribution in [2.75, 3.05) is 14.2 Å². The van der Waals surface area contributed by atoms with Crippen LogP contribution in [-0.4, -0.2) is 31.3 Å². The molecule has 0 saturated carbocycles. The van der Waals surface area contributed by atoms with E-state index in [1.807, 2.05) is 55.5 Å². The van der Waals surface area contributed by atoms with E-state index in [0.29, 0.717) is 11.5 Å². The summed E-state index contributed by atoms with van der Waals surface area (Å²) in [5.41, 5.74) is 3.29. The van der Waals surface area contributed by atoms with E-state index < -0.39 is 0 Å². The predicted octanol–water partition coefficient (Wildman–Crippen LogP) is 4.87. The van der Waals surface area contributed by atoms with Gasteiger partial charge in [0.25, 0.3) is 0 Å². The maximum absolute atomic E-state index is 12.6. The van der Waals surface area contributed by atoms with Crippen molar-refractivity contribution in [1.29, 1.82) is 0 Å². The molecule has 158 valence electrons. The van der Waals surface area contributed by atoms with Gasteiger partial charge < -0.3 is 19.3 Å². The number of rotatable bonds is 9. The van der Waals surface area contributed by atoms with E-state index in [-0.39, 0.29) is 18.4 Å². The Morgan fingerprint density at radius 1 is 1.00 bits per heavy atom. The lowest BCUT2D eigenvalue weighted by molar-refractivity contribution is -0.121. The highest BCUT2D eigenvalue weighted by atomic mass is 16.5. The number of aromatic nitrogens is 1. The van der Waals surface area contributed by atoms with E-state index in [4.69, 9.17) is 14.0 Å². The molecule has 6 heteroatoms. The van der Waals surface area contributed by atoms with Crippen LogP contribution in [0.3, 0.4) is 0 Å². The summed E-state index contributed by atoms with van der Waals surface area (Å²) in [5.74, 6) is 1.97. The molecule has 0 spiro atoms. The van der Waals surface area contributed by atoms with Crippen LogP contribution >= 0.6 is 0 Å². The number of amides is 1. The van der Waals surface area contributed by atoms with Gasteiger partial charge in [-0.25, -0.2) is 0 Å². The molecule has 1 unspecified atom stereocenters. The number of benzene rings is 2. The number of nitrogens with one attached hydrogen (secondary N) is 1. The molecule has 3 aromatic rings. The van der Waals surface area contributed by atoms with E-state index in [0.717, 1.165) is 41.0 Å². The Balaban J connectivity index is 1.97. The molecular weight excluding hydrogens is 380 g/mol. The van der Waals surface area contributed by atoms with Crippen molar-refractivity contribution in [1.82, 2.24) is 10.5 Å². The van der Waals surface area contributed by atoms with Gasteiger partial charge in [-0.05, 0) is 55.3 Å². The highest BCUT2D eigenvalue weighted by Gasteiger charge is 2.22. The summed E-state index contributed by atoms with van der Waals surface area (Å²) in [4.78, 5) is 12.6. The summed E-state index contributed by atoms with van der Waals surface area (Å²) in [5, 5.41) is 7.33. The maximum Gasteiger partial charge on any atom is 0.227 e. The Morgan fingerprint density at radius 2 is 1.57 bits per heavy atom. The molecule has 0 saturated heterocycles. The molecule has 1 aromatic heterocycles. The number of methoxy groups -OCH3 is 2. The molecule has 1 heterocycles. The molecule has 1 amide bonds. The molecule has 1 atom stereocenters. The SMILES string of the molecule is CCCC(C)NC(=O)Cc1onc(-c2ccc(OC)cc2)c1-c1ccc(OC)cc1. The van der Waals surface area contributed by atoms with Crippen molar-refractivity contribution in [2.24, 2.45) is 0 Å². The molecule has 2 aromatic carbocycles. The van der Waals surface area contributed by atoms with E-state index in [9.17, 15) is 4.79 Å². The van der Waals surface area contributed by atoms with Crippen LogP contribution in [0.1, 0.15) is 32.4 Å². The van der Waals surface area contributed by atoms with Gasteiger partial charge in [-0.2, -0.15) is 0 Å². The molecule has 0 aliphatic rings. The van der Waals surface area contributed by atoms with Gasteiger partial charge in [0, 0.05) is 11.6 Å². The van der Waals surface area contributed by atoms with Gasteiger partial charge in [0.15, 0.2) is 5.76 Å². The number of ether oxygens (including phenoxy) is 2. The first-order chi connectivity index (χ1) is 14.5. The average molecular weight is 408 g/mol. The molecule has 0 aliphatic heterocycles. The predicted molar refractivity (Wildman–Crippen MR) is 117 cm³/mol. The minimum absolute atomic E-state index is 0.0804. The normalized spacial score (nSPS) is 11.7. The van der Waals surface area contributed by atoms with Crippen molar-refractivity contribution in [3.63, 3.8) is 0 Å². The summed E-state index contributed by atoms with van der Waals surface area (Å²) >= 11 is 0. The smallest absolute Gasteiger partial charge is 0.227 e. The Morgan fingerprint density at radius 3 is 2.10 bits per heavy atom. The van der Waals surface area contributed by atoms with E-state index in [2.05, 4.69) is 17.4 Å². The highest BCUT2D eigenvalue weighted by molar-refractivity contribution is 5.86. The fourth-order valence-corrected chi connectivity index (χ4v) is 3.42. The second kappa shape index (κ2) is 9.96. The van der Waals surface area contributed by atoms with Crippen LogP contribution < -0.4 is 14.8 Å². The van der Waals surface area contributed by atoms with Gasteiger partial charge in [0.05, 0.1) is 26.2 Å². The van der Waals surface area contributed by atoms with Gasteiger partial charge in [-0.1, -0.05) is 30.6 Å². The van der Waals surface area contributed by atoms with E-state index in [1.54, 1.807) is 14.2 Å². The second-order valence-corrected chi connectivity index (χ2v) is 7.22. The fraction of sp³-hybridized carbons (Fsp3) is 0.333. The zero-order chi connectivity index (χ0) is 21.5. The summed E-state index contributed by atoms with van der Waals surface area (Å²) in [6.07, 6.45) is 2.08. The zero-order valence-electron chi connectivity index (χ0n) is 17.9. The molecule has 3 rings (SSSR count). The lowest BCUT2D eigenvalue weighted by atomic mass is 9.97. The monoisotopic (exact) mass is 408 g/mol. The largest absolute Gasteiger partial charge is 0.497 e. The minimum Gasteiger partial charge on any atom is -0.497 e. The number of nitrogens with zero attached hydrogens (tertiary/aromatic N) is 1. The standard InChI is InChI=1S/C24H28N2O4/c1-5-6-16(2)25-22(27)15-21-23(17-7-11-19(28-3)12-8-17)24(26-30-21)18-9-13-20(29-4)14-10-18/h7-14,16H,5-6,15H2,1-4H3,(H,25,27). The Hall–Kier alpha value is -3.28. The molecule has 0 aliphatic carbocycles. The van der Waals surface area contributed by atoms with Crippen LogP contribution in [0.2, 0.25) is 0 Å². The first-order valence-corrected chi connectivity index (χ1v) is 10.1. The number of carbonyl (C=O) groups excluding carboxylic acids is 1. The van der Waals surface area contributed by atoms with Crippen LogP contribution in [0.25, 0.3) is 22.4 Å².